The van der Waals surface area contributed by atoms with Gasteiger partial charge in [0.15, 0.2) is 0 Å². The van der Waals surface area contributed by atoms with Crippen LogP contribution in [0.25, 0.3) is 0 Å². The number of amides is 1. The number of anilines is 1. The van der Waals surface area contributed by atoms with E-state index in [9.17, 15) is 4.79 Å². The number of hydrogen-bond acceptors (Lipinski definition) is 2. The Bertz CT molecular complexity index is 526. The molecule has 0 fully saturated rings. The monoisotopic (exact) mass is 261 g/mol. The van der Waals surface area contributed by atoms with Crippen molar-refractivity contribution in [2.75, 3.05) is 5.32 Å². The lowest BCUT2D eigenvalue weighted by atomic mass is 10.2. The van der Waals surface area contributed by atoms with Crippen LogP contribution >= 0.6 is 11.6 Å². The van der Waals surface area contributed by atoms with Gasteiger partial charge in [-0.1, -0.05) is 23.7 Å². The average molecular weight is 262 g/mol. The number of hydrogen-bond donors (Lipinski definition) is 1. The second kappa shape index (κ2) is 6.07. The fourth-order valence-corrected chi connectivity index (χ4v) is 1.64. The van der Waals surface area contributed by atoms with Crippen LogP contribution in [0.5, 0.6) is 5.75 Å². The highest BCUT2D eigenvalue weighted by Gasteiger charge is 1.98. The molecular formula is C14H12ClNO2. The first-order chi connectivity index (χ1) is 8.78. The van der Waals surface area contributed by atoms with Crippen molar-refractivity contribution in [3.63, 3.8) is 0 Å². The molecule has 0 bridgehead atoms. The van der Waals surface area contributed by atoms with Gasteiger partial charge in [-0.05, 0) is 42.0 Å². The molecule has 0 heterocycles. The minimum Gasteiger partial charge on any atom is -0.489 e. The SMILES string of the molecule is O=CNc1cccc(COc2ccc(Cl)cc2)c1. The van der Waals surface area contributed by atoms with Crippen molar-refractivity contribution in [3.05, 3.63) is 59.1 Å². The fourth-order valence-electron chi connectivity index (χ4n) is 1.52. The fraction of sp³-hybridized carbons (Fsp3) is 0.0714. The third kappa shape index (κ3) is 3.50. The van der Waals surface area contributed by atoms with Crippen molar-refractivity contribution < 1.29 is 9.53 Å². The highest BCUT2D eigenvalue weighted by Crippen LogP contribution is 2.17. The third-order valence-electron chi connectivity index (χ3n) is 2.37. The first kappa shape index (κ1) is 12.5. The van der Waals surface area contributed by atoms with Crippen LogP contribution in [0, 0.1) is 0 Å². The first-order valence-electron chi connectivity index (χ1n) is 5.45. The summed E-state index contributed by atoms with van der Waals surface area (Å²) in [6, 6.07) is 14.7. The molecule has 0 aliphatic rings. The smallest absolute Gasteiger partial charge is 0.211 e. The van der Waals surface area contributed by atoms with Gasteiger partial charge in [0.25, 0.3) is 0 Å². The average Bonchev–Trinajstić information content (AvgIpc) is 2.39. The van der Waals surface area contributed by atoms with Crippen LogP contribution in [0.15, 0.2) is 48.5 Å². The summed E-state index contributed by atoms with van der Waals surface area (Å²) in [4.78, 5) is 10.3. The van der Waals surface area contributed by atoms with Crippen LogP contribution in [0.2, 0.25) is 5.02 Å². The van der Waals surface area contributed by atoms with Gasteiger partial charge in [-0.25, -0.2) is 0 Å². The van der Waals surface area contributed by atoms with Gasteiger partial charge in [-0.15, -0.1) is 0 Å². The van der Waals surface area contributed by atoms with Crippen molar-refractivity contribution in [1.82, 2.24) is 0 Å². The molecule has 18 heavy (non-hydrogen) atoms. The van der Waals surface area contributed by atoms with E-state index in [0.29, 0.717) is 18.0 Å². The molecule has 0 spiro atoms. The quantitative estimate of drug-likeness (QED) is 0.837. The zero-order valence-electron chi connectivity index (χ0n) is 9.60. The van der Waals surface area contributed by atoms with E-state index in [0.717, 1.165) is 17.0 Å². The molecule has 4 heteroatoms. The van der Waals surface area contributed by atoms with Crippen molar-refractivity contribution in [2.24, 2.45) is 0 Å². The Morgan fingerprint density at radius 1 is 1.17 bits per heavy atom. The van der Waals surface area contributed by atoms with Crippen LogP contribution in [-0.2, 0) is 11.4 Å². The van der Waals surface area contributed by atoms with Crippen molar-refractivity contribution in [3.8, 4) is 5.75 Å². The summed E-state index contributed by atoms with van der Waals surface area (Å²) in [5, 5.41) is 3.28. The molecule has 3 nitrogen and oxygen atoms in total. The van der Waals surface area contributed by atoms with Gasteiger partial charge in [0.2, 0.25) is 6.41 Å². The summed E-state index contributed by atoms with van der Waals surface area (Å²) >= 11 is 5.79. The minimum atomic E-state index is 0.440. The Labute approximate surface area is 110 Å². The van der Waals surface area contributed by atoms with E-state index in [1.807, 2.05) is 36.4 Å². The summed E-state index contributed by atoms with van der Waals surface area (Å²) in [5.74, 6) is 0.758. The molecule has 0 aliphatic heterocycles. The largest absolute Gasteiger partial charge is 0.489 e. The standard InChI is InChI=1S/C14H12ClNO2/c15-12-4-6-14(7-5-12)18-9-11-2-1-3-13(8-11)16-10-17/h1-8,10H,9H2,(H,16,17). The number of ether oxygens (including phenoxy) is 1. The molecule has 1 amide bonds. The Kier molecular flexibility index (Phi) is 4.20. The first-order valence-corrected chi connectivity index (χ1v) is 5.83. The molecule has 0 atom stereocenters. The van der Waals surface area contributed by atoms with Gasteiger partial charge < -0.3 is 10.1 Å². The highest BCUT2D eigenvalue weighted by molar-refractivity contribution is 6.30. The van der Waals surface area contributed by atoms with E-state index < -0.39 is 0 Å². The summed E-state index contributed by atoms with van der Waals surface area (Å²) in [5.41, 5.74) is 1.74. The van der Waals surface area contributed by atoms with E-state index in [2.05, 4.69) is 5.32 Å². The van der Waals surface area contributed by atoms with Gasteiger partial charge in [0, 0.05) is 10.7 Å². The van der Waals surface area contributed by atoms with E-state index in [1.54, 1.807) is 12.1 Å². The molecule has 0 unspecified atom stereocenters. The Balaban J connectivity index is 1.99. The normalized spacial score (nSPS) is 9.83. The van der Waals surface area contributed by atoms with Gasteiger partial charge in [0.1, 0.15) is 12.4 Å². The molecule has 2 aromatic rings. The summed E-state index contributed by atoms with van der Waals surface area (Å²) in [7, 11) is 0. The minimum absolute atomic E-state index is 0.440. The molecule has 0 saturated heterocycles. The lowest BCUT2D eigenvalue weighted by molar-refractivity contribution is -0.105. The van der Waals surface area contributed by atoms with E-state index in [4.69, 9.17) is 16.3 Å². The van der Waals surface area contributed by atoms with Gasteiger partial charge in [-0.3, -0.25) is 4.79 Å². The number of nitrogens with one attached hydrogen (secondary N) is 1. The molecule has 2 aromatic carbocycles. The number of carbonyl (C=O) groups is 1. The summed E-state index contributed by atoms with van der Waals surface area (Å²) in [6.07, 6.45) is 0.652. The predicted octanol–water partition coefficient (Wildman–Crippen LogP) is 3.49. The van der Waals surface area contributed by atoms with Gasteiger partial charge in [0.05, 0.1) is 0 Å². The Morgan fingerprint density at radius 2 is 1.94 bits per heavy atom. The van der Waals surface area contributed by atoms with E-state index >= 15 is 0 Å². The lowest BCUT2D eigenvalue weighted by Crippen LogP contribution is -1.98. The van der Waals surface area contributed by atoms with E-state index in [1.165, 1.54) is 0 Å². The predicted molar refractivity (Wildman–Crippen MR) is 71.9 cm³/mol. The zero-order valence-corrected chi connectivity index (χ0v) is 10.4. The topological polar surface area (TPSA) is 38.3 Å². The van der Waals surface area contributed by atoms with Gasteiger partial charge in [-0.2, -0.15) is 0 Å². The molecule has 2 rings (SSSR count). The molecule has 0 aliphatic carbocycles. The molecule has 92 valence electrons. The number of halogens is 1. The highest BCUT2D eigenvalue weighted by atomic mass is 35.5. The van der Waals surface area contributed by atoms with Crippen LogP contribution in [0.1, 0.15) is 5.56 Å². The Hall–Kier alpha value is -2.00. The molecule has 0 saturated carbocycles. The molecule has 0 aromatic heterocycles. The summed E-state index contributed by atoms with van der Waals surface area (Å²) in [6.45, 7) is 0.440. The number of carbonyl (C=O) groups excluding carboxylic acids is 1. The van der Waals surface area contributed by atoms with Crippen molar-refractivity contribution in [1.29, 1.82) is 0 Å². The van der Waals surface area contributed by atoms with Crippen LogP contribution < -0.4 is 10.1 Å². The molecule has 0 radical (unpaired) electrons. The van der Waals surface area contributed by atoms with Crippen molar-refractivity contribution in [2.45, 2.75) is 6.61 Å². The second-order valence-electron chi connectivity index (χ2n) is 3.71. The zero-order chi connectivity index (χ0) is 12.8. The van der Waals surface area contributed by atoms with Gasteiger partial charge >= 0.3 is 0 Å². The maximum Gasteiger partial charge on any atom is 0.211 e. The number of rotatable bonds is 5. The Morgan fingerprint density at radius 3 is 2.67 bits per heavy atom. The molecular weight excluding hydrogens is 250 g/mol. The van der Waals surface area contributed by atoms with Crippen LogP contribution in [-0.4, -0.2) is 6.41 Å². The van der Waals surface area contributed by atoms with Crippen molar-refractivity contribution >= 4 is 23.7 Å². The summed E-state index contributed by atoms with van der Waals surface area (Å²) < 4.78 is 5.61. The number of benzene rings is 2. The van der Waals surface area contributed by atoms with E-state index in [-0.39, 0.29) is 0 Å². The third-order valence-corrected chi connectivity index (χ3v) is 2.62. The van der Waals surface area contributed by atoms with Crippen LogP contribution in [0.3, 0.4) is 0 Å². The maximum absolute atomic E-state index is 10.3. The second-order valence-corrected chi connectivity index (χ2v) is 4.14. The van der Waals surface area contributed by atoms with Crippen LogP contribution in [0.4, 0.5) is 5.69 Å². The molecule has 1 N–H and O–H groups in total. The maximum atomic E-state index is 10.3. The lowest BCUT2D eigenvalue weighted by Gasteiger charge is -2.07.